The van der Waals surface area contributed by atoms with Gasteiger partial charge >= 0.3 is 0 Å². The van der Waals surface area contributed by atoms with E-state index in [2.05, 4.69) is 12.3 Å². The lowest BCUT2D eigenvalue weighted by atomic mass is 10.2. The molecule has 0 amide bonds. The highest BCUT2D eigenvalue weighted by atomic mass is 35.5. The van der Waals surface area contributed by atoms with E-state index >= 15 is 0 Å². The van der Waals surface area contributed by atoms with Crippen LogP contribution in [0.3, 0.4) is 0 Å². The van der Waals surface area contributed by atoms with Gasteiger partial charge in [-0.2, -0.15) is 0 Å². The molecule has 0 aromatic heterocycles. The Morgan fingerprint density at radius 2 is 2.07 bits per heavy atom. The van der Waals surface area contributed by atoms with E-state index in [9.17, 15) is 0 Å². The Kier molecular flexibility index (Phi) is 5.47. The smallest absolute Gasteiger partial charge is 0.119 e. The van der Waals surface area contributed by atoms with Gasteiger partial charge in [0, 0.05) is 5.02 Å². The average Bonchev–Trinajstić information content (AvgIpc) is 2.26. The lowest BCUT2D eigenvalue weighted by Gasteiger charge is -2.15. The van der Waals surface area contributed by atoms with Crippen molar-refractivity contribution in [2.45, 2.75) is 25.8 Å². The lowest BCUT2D eigenvalue weighted by molar-refractivity contribution is 0.257. The summed E-state index contributed by atoms with van der Waals surface area (Å²) in [6.45, 7) is 2.69. The van der Waals surface area contributed by atoms with Crippen LogP contribution in [0.15, 0.2) is 24.3 Å². The zero-order valence-electron chi connectivity index (χ0n) is 8.87. The van der Waals surface area contributed by atoms with E-state index in [4.69, 9.17) is 22.2 Å². The Morgan fingerprint density at radius 3 is 2.60 bits per heavy atom. The third-order valence-electron chi connectivity index (χ3n) is 2.14. The van der Waals surface area contributed by atoms with Gasteiger partial charge in [0.25, 0.3) is 0 Å². The van der Waals surface area contributed by atoms with Crippen molar-refractivity contribution in [1.29, 1.82) is 0 Å². The Labute approximate surface area is 95.5 Å². The molecule has 0 heterocycles. The topological polar surface area (TPSA) is 47.3 Å². The summed E-state index contributed by atoms with van der Waals surface area (Å²) < 4.78 is 5.57. The first-order valence-corrected chi connectivity index (χ1v) is 5.48. The number of hydrogen-bond donors (Lipinski definition) is 2. The van der Waals surface area contributed by atoms with Crippen molar-refractivity contribution in [2.24, 2.45) is 5.84 Å². The van der Waals surface area contributed by atoms with E-state index < -0.39 is 0 Å². The van der Waals surface area contributed by atoms with Gasteiger partial charge in [0.15, 0.2) is 0 Å². The molecule has 0 aliphatic heterocycles. The third kappa shape index (κ3) is 4.51. The van der Waals surface area contributed by atoms with Gasteiger partial charge in [-0.15, -0.1) is 0 Å². The second kappa shape index (κ2) is 6.67. The van der Waals surface area contributed by atoms with Gasteiger partial charge in [-0.25, -0.2) is 0 Å². The molecule has 0 aliphatic rings. The number of benzene rings is 1. The van der Waals surface area contributed by atoms with Crippen LogP contribution >= 0.6 is 11.6 Å². The largest absolute Gasteiger partial charge is 0.492 e. The molecule has 3 nitrogen and oxygen atoms in total. The zero-order valence-corrected chi connectivity index (χ0v) is 9.63. The van der Waals surface area contributed by atoms with Crippen molar-refractivity contribution in [3.8, 4) is 5.75 Å². The van der Waals surface area contributed by atoms with Crippen LogP contribution in [0, 0.1) is 0 Å². The van der Waals surface area contributed by atoms with Gasteiger partial charge in [0.2, 0.25) is 0 Å². The molecule has 4 heteroatoms. The summed E-state index contributed by atoms with van der Waals surface area (Å²) in [5.41, 5.74) is 2.73. The van der Waals surface area contributed by atoms with Gasteiger partial charge in [0.05, 0.1) is 6.04 Å². The third-order valence-corrected chi connectivity index (χ3v) is 2.39. The molecule has 1 aromatic carbocycles. The average molecular weight is 229 g/mol. The maximum atomic E-state index is 5.76. The molecule has 0 saturated heterocycles. The Hall–Kier alpha value is -0.770. The van der Waals surface area contributed by atoms with Crippen LogP contribution in [0.4, 0.5) is 0 Å². The highest BCUT2D eigenvalue weighted by Gasteiger charge is 2.05. The molecule has 1 aromatic rings. The SMILES string of the molecule is CCCC(COc1ccc(Cl)cc1)NN. The summed E-state index contributed by atoms with van der Waals surface area (Å²) >= 11 is 5.76. The molecule has 0 spiro atoms. The second-order valence-electron chi connectivity index (χ2n) is 3.42. The number of nitrogens with two attached hydrogens (primary N) is 1. The standard InChI is InChI=1S/C11H17ClN2O/c1-2-3-10(14-13)8-15-11-6-4-9(12)5-7-11/h4-7,10,14H,2-3,8,13H2,1H3. The first-order valence-electron chi connectivity index (χ1n) is 5.10. The van der Waals surface area contributed by atoms with Gasteiger partial charge in [-0.3, -0.25) is 11.3 Å². The summed E-state index contributed by atoms with van der Waals surface area (Å²) in [5, 5.41) is 0.712. The summed E-state index contributed by atoms with van der Waals surface area (Å²) in [6, 6.07) is 7.51. The minimum atomic E-state index is 0.200. The van der Waals surface area contributed by atoms with Gasteiger partial charge < -0.3 is 4.74 Å². The van der Waals surface area contributed by atoms with Crippen molar-refractivity contribution in [3.63, 3.8) is 0 Å². The molecule has 0 fully saturated rings. The highest BCUT2D eigenvalue weighted by molar-refractivity contribution is 6.30. The predicted molar refractivity (Wildman–Crippen MR) is 63.0 cm³/mol. The maximum Gasteiger partial charge on any atom is 0.119 e. The monoisotopic (exact) mass is 228 g/mol. The normalized spacial score (nSPS) is 12.5. The van der Waals surface area contributed by atoms with Gasteiger partial charge in [-0.1, -0.05) is 24.9 Å². The Bertz CT molecular complexity index is 276. The second-order valence-corrected chi connectivity index (χ2v) is 3.85. The summed E-state index contributed by atoms with van der Waals surface area (Å²) in [5.74, 6) is 6.21. The quantitative estimate of drug-likeness (QED) is 0.581. The maximum absolute atomic E-state index is 5.76. The molecule has 0 saturated carbocycles. The predicted octanol–water partition coefficient (Wildman–Crippen LogP) is 2.35. The van der Waals surface area contributed by atoms with Gasteiger partial charge in [0.1, 0.15) is 12.4 Å². The highest BCUT2D eigenvalue weighted by Crippen LogP contribution is 2.15. The Morgan fingerprint density at radius 1 is 1.40 bits per heavy atom. The number of rotatable bonds is 6. The number of ether oxygens (including phenoxy) is 1. The minimum absolute atomic E-state index is 0.200. The summed E-state index contributed by atoms with van der Waals surface area (Å²) in [6.07, 6.45) is 2.09. The number of hydrazine groups is 1. The zero-order chi connectivity index (χ0) is 11.1. The van der Waals surface area contributed by atoms with E-state index in [0.29, 0.717) is 11.6 Å². The molecular formula is C11H17ClN2O. The number of nitrogens with one attached hydrogen (secondary N) is 1. The number of halogens is 1. The van der Waals surface area contributed by atoms with Crippen molar-refractivity contribution in [3.05, 3.63) is 29.3 Å². The molecule has 0 radical (unpaired) electrons. The van der Waals surface area contributed by atoms with Gasteiger partial charge in [-0.05, 0) is 30.7 Å². The molecule has 1 atom stereocenters. The minimum Gasteiger partial charge on any atom is -0.492 e. The fourth-order valence-electron chi connectivity index (χ4n) is 1.29. The van der Waals surface area contributed by atoms with Crippen LogP contribution in [0.5, 0.6) is 5.75 Å². The van der Waals surface area contributed by atoms with E-state index in [1.807, 2.05) is 24.3 Å². The van der Waals surface area contributed by atoms with Crippen molar-refractivity contribution in [2.75, 3.05) is 6.61 Å². The summed E-state index contributed by atoms with van der Waals surface area (Å²) in [4.78, 5) is 0. The number of hydrogen-bond acceptors (Lipinski definition) is 3. The van der Waals surface area contributed by atoms with Crippen LogP contribution in [-0.2, 0) is 0 Å². The molecular weight excluding hydrogens is 212 g/mol. The molecule has 3 N–H and O–H groups in total. The van der Waals surface area contributed by atoms with Crippen LogP contribution in [0.25, 0.3) is 0 Å². The van der Waals surface area contributed by atoms with E-state index in [-0.39, 0.29) is 6.04 Å². The molecule has 84 valence electrons. The van der Waals surface area contributed by atoms with Crippen molar-refractivity contribution < 1.29 is 4.74 Å². The molecule has 0 aliphatic carbocycles. The van der Waals surface area contributed by atoms with E-state index in [1.165, 1.54) is 0 Å². The molecule has 15 heavy (non-hydrogen) atoms. The molecule has 1 unspecified atom stereocenters. The molecule has 1 rings (SSSR count). The summed E-state index contributed by atoms with van der Waals surface area (Å²) in [7, 11) is 0. The Balaban J connectivity index is 2.38. The van der Waals surface area contributed by atoms with Crippen LogP contribution in [0.2, 0.25) is 5.02 Å². The first-order chi connectivity index (χ1) is 7.26. The van der Waals surface area contributed by atoms with Crippen LogP contribution in [0.1, 0.15) is 19.8 Å². The lowest BCUT2D eigenvalue weighted by Crippen LogP contribution is -2.39. The van der Waals surface area contributed by atoms with E-state index in [0.717, 1.165) is 18.6 Å². The fraction of sp³-hybridized carbons (Fsp3) is 0.455. The first kappa shape index (κ1) is 12.3. The van der Waals surface area contributed by atoms with Crippen molar-refractivity contribution in [1.82, 2.24) is 5.43 Å². The van der Waals surface area contributed by atoms with Crippen molar-refractivity contribution >= 4 is 11.6 Å². The van der Waals surface area contributed by atoms with Crippen LogP contribution in [-0.4, -0.2) is 12.6 Å². The van der Waals surface area contributed by atoms with Crippen LogP contribution < -0.4 is 16.0 Å². The molecule has 0 bridgehead atoms. The fourth-order valence-corrected chi connectivity index (χ4v) is 1.42. The van der Waals surface area contributed by atoms with E-state index in [1.54, 1.807) is 0 Å².